The molecule has 40 heavy (non-hydrogen) atoms. The normalized spacial score (nSPS) is 11.5. The van der Waals surface area contributed by atoms with Gasteiger partial charge in [0, 0.05) is 32.7 Å². The molecule has 6 aromatic carbocycles. The van der Waals surface area contributed by atoms with Crippen molar-refractivity contribution >= 4 is 43.7 Å². The van der Waals surface area contributed by atoms with Crippen LogP contribution in [0.3, 0.4) is 0 Å². The number of fused-ring (bicyclic) bond motifs is 6. The summed E-state index contributed by atoms with van der Waals surface area (Å²) in [6, 6.07) is 48.6. The van der Waals surface area contributed by atoms with Crippen molar-refractivity contribution < 1.29 is 4.42 Å². The van der Waals surface area contributed by atoms with Crippen molar-refractivity contribution in [1.29, 1.82) is 5.26 Å². The smallest absolute Gasteiger partial charge is 0.143 e. The standard InChI is InChI=1S/C37H22N2O/c38-23-24-19-20-36-32(21-24)31-15-8-14-28(37(31)40-36)26-10-7-9-25(22-26)27-11-1-4-16-33(27)39-34-17-5-2-12-29(34)30-13-3-6-18-35(30)39/h1-22H. The van der Waals surface area contributed by atoms with Crippen LogP contribution in [0.2, 0.25) is 0 Å². The van der Waals surface area contributed by atoms with Gasteiger partial charge in [0.1, 0.15) is 11.2 Å². The second kappa shape index (κ2) is 8.73. The van der Waals surface area contributed by atoms with Gasteiger partial charge in [-0.2, -0.15) is 5.26 Å². The van der Waals surface area contributed by atoms with E-state index in [9.17, 15) is 5.26 Å². The van der Waals surface area contributed by atoms with Gasteiger partial charge in [0.2, 0.25) is 0 Å². The molecule has 0 aliphatic heterocycles. The summed E-state index contributed by atoms with van der Waals surface area (Å²) in [5, 5.41) is 13.9. The fourth-order valence-electron chi connectivity index (χ4n) is 6.04. The zero-order chi connectivity index (χ0) is 26.6. The van der Waals surface area contributed by atoms with Crippen molar-refractivity contribution in [2.24, 2.45) is 0 Å². The van der Waals surface area contributed by atoms with Gasteiger partial charge < -0.3 is 8.98 Å². The van der Waals surface area contributed by atoms with Crippen molar-refractivity contribution in [2.75, 3.05) is 0 Å². The molecule has 0 unspecified atom stereocenters. The summed E-state index contributed by atoms with van der Waals surface area (Å²) in [6.07, 6.45) is 0. The Labute approximate surface area is 230 Å². The summed E-state index contributed by atoms with van der Waals surface area (Å²) in [5.74, 6) is 0. The van der Waals surface area contributed by atoms with Gasteiger partial charge in [-0.1, -0.05) is 91.0 Å². The van der Waals surface area contributed by atoms with Crippen LogP contribution in [0, 0.1) is 11.3 Å². The number of para-hydroxylation sites is 4. The molecule has 0 radical (unpaired) electrons. The topological polar surface area (TPSA) is 41.9 Å². The fraction of sp³-hybridized carbons (Fsp3) is 0. The highest BCUT2D eigenvalue weighted by atomic mass is 16.3. The van der Waals surface area contributed by atoms with E-state index in [1.54, 1.807) is 6.07 Å². The lowest BCUT2D eigenvalue weighted by Crippen LogP contribution is -1.97. The maximum Gasteiger partial charge on any atom is 0.143 e. The minimum absolute atomic E-state index is 0.629. The van der Waals surface area contributed by atoms with E-state index in [4.69, 9.17) is 4.42 Å². The Morgan fingerprint density at radius 1 is 0.525 bits per heavy atom. The van der Waals surface area contributed by atoms with E-state index in [0.29, 0.717) is 5.56 Å². The van der Waals surface area contributed by atoms with Crippen LogP contribution in [0.1, 0.15) is 5.56 Å². The Morgan fingerprint density at radius 2 is 1.15 bits per heavy atom. The molecule has 0 aliphatic carbocycles. The first-order chi connectivity index (χ1) is 19.8. The second-order valence-electron chi connectivity index (χ2n) is 10.1. The number of nitrogens with zero attached hydrogens (tertiary/aromatic N) is 2. The summed E-state index contributed by atoms with van der Waals surface area (Å²) in [4.78, 5) is 0. The van der Waals surface area contributed by atoms with Crippen LogP contribution in [0.15, 0.2) is 138 Å². The fourth-order valence-corrected chi connectivity index (χ4v) is 6.04. The molecule has 0 fully saturated rings. The zero-order valence-corrected chi connectivity index (χ0v) is 21.5. The van der Waals surface area contributed by atoms with Gasteiger partial charge in [0.05, 0.1) is 28.4 Å². The molecule has 0 amide bonds. The van der Waals surface area contributed by atoms with Crippen LogP contribution in [0.25, 0.3) is 71.7 Å². The number of aromatic nitrogens is 1. The highest BCUT2D eigenvalue weighted by Crippen LogP contribution is 2.39. The van der Waals surface area contributed by atoms with Gasteiger partial charge in [0.15, 0.2) is 0 Å². The van der Waals surface area contributed by atoms with Crippen LogP contribution < -0.4 is 0 Å². The van der Waals surface area contributed by atoms with Crippen molar-refractivity contribution in [3.63, 3.8) is 0 Å². The largest absolute Gasteiger partial charge is 0.455 e. The number of hydrogen-bond donors (Lipinski definition) is 0. The Hall–Kier alpha value is -5.59. The third-order valence-corrected chi connectivity index (χ3v) is 7.84. The van der Waals surface area contributed by atoms with Gasteiger partial charge in [-0.05, 0) is 53.6 Å². The highest BCUT2D eigenvalue weighted by molar-refractivity contribution is 6.11. The molecular formula is C37H22N2O. The zero-order valence-electron chi connectivity index (χ0n) is 21.5. The van der Waals surface area contributed by atoms with Crippen molar-refractivity contribution in [3.05, 3.63) is 139 Å². The monoisotopic (exact) mass is 510 g/mol. The Morgan fingerprint density at radius 3 is 1.93 bits per heavy atom. The van der Waals surface area contributed by atoms with Gasteiger partial charge in [-0.15, -0.1) is 0 Å². The molecule has 3 nitrogen and oxygen atoms in total. The Kier molecular flexibility index (Phi) is 4.89. The molecule has 2 heterocycles. The minimum Gasteiger partial charge on any atom is -0.455 e. The predicted octanol–water partition coefficient (Wildman–Crippen LogP) is 9.89. The maximum absolute atomic E-state index is 9.40. The summed E-state index contributed by atoms with van der Waals surface area (Å²) in [7, 11) is 0. The number of benzene rings is 6. The predicted molar refractivity (Wildman–Crippen MR) is 164 cm³/mol. The lowest BCUT2D eigenvalue weighted by atomic mass is 9.96. The first-order valence-electron chi connectivity index (χ1n) is 13.3. The van der Waals surface area contributed by atoms with Gasteiger partial charge in [-0.3, -0.25) is 0 Å². The molecule has 0 spiro atoms. The molecule has 186 valence electrons. The first kappa shape index (κ1) is 22.4. The quantitative estimate of drug-likeness (QED) is 0.237. The van der Waals surface area contributed by atoms with E-state index < -0.39 is 0 Å². The van der Waals surface area contributed by atoms with Gasteiger partial charge in [0.25, 0.3) is 0 Å². The van der Waals surface area contributed by atoms with Crippen molar-refractivity contribution in [3.8, 4) is 34.0 Å². The van der Waals surface area contributed by atoms with Crippen LogP contribution in [-0.2, 0) is 0 Å². The SMILES string of the molecule is N#Cc1ccc2oc3c(-c4cccc(-c5ccccc5-n5c6ccccc6c6ccccc65)c4)cccc3c2c1. The summed E-state index contributed by atoms with van der Waals surface area (Å²) in [5.41, 5.74) is 10.2. The van der Waals surface area contributed by atoms with Crippen LogP contribution in [0.4, 0.5) is 0 Å². The third kappa shape index (κ3) is 3.30. The molecule has 3 heteroatoms. The molecule has 8 aromatic rings. The van der Waals surface area contributed by atoms with Crippen LogP contribution >= 0.6 is 0 Å². The molecule has 0 N–H and O–H groups in total. The molecule has 0 aliphatic rings. The second-order valence-corrected chi connectivity index (χ2v) is 10.1. The average molecular weight is 511 g/mol. The number of rotatable bonds is 3. The van der Waals surface area contributed by atoms with E-state index in [0.717, 1.165) is 49.9 Å². The third-order valence-electron chi connectivity index (χ3n) is 7.84. The summed E-state index contributed by atoms with van der Waals surface area (Å²) < 4.78 is 8.72. The molecule has 0 bridgehead atoms. The summed E-state index contributed by atoms with van der Waals surface area (Å²) in [6.45, 7) is 0. The lowest BCUT2D eigenvalue weighted by Gasteiger charge is -2.15. The first-order valence-corrected chi connectivity index (χ1v) is 13.3. The van der Waals surface area contributed by atoms with E-state index in [-0.39, 0.29) is 0 Å². The van der Waals surface area contributed by atoms with Crippen LogP contribution in [0.5, 0.6) is 0 Å². The lowest BCUT2D eigenvalue weighted by molar-refractivity contribution is 0.670. The van der Waals surface area contributed by atoms with Crippen molar-refractivity contribution in [2.45, 2.75) is 0 Å². The van der Waals surface area contributed by atoms with Crippen molar-refractivity contribution in [1.82, 2.24) is 4.57 Å². The highest BCUT2D eigenvalue weighted by Gasteiger charge is 2.17. The summed E-state index contributed by atoms with van der Waals surface area (Å²) >= 11 is 0. The Bertz CT molecular complexity index is 2240. The average Bonchev–Trinajstić information content (AvgIpc) is 3.56. The number of hydrogen-bond acceptors (Lipinski definition) is 2. The van der Waals surface area contributed by atoms with E-state index in [1.165, 1.54) is 21.8 Å². The minimum atomic E-state index is 0.629. The molecular weight excluding hydrogens is 488 g/mol. The van der Waals surface area contributed by atoms with Crippen LogP contribution in [-0.4, -0.2) is 4.57 Å². The number of nitriles is 1. The molecule has 0 saturated carbocycles. The van der Waals surface area contributed by atoms with Gasteiger partial charge >= 0.3 is 0 Å². The molecule has 2 aromatic heterocycles. The van der Waals surface area contributed by atoms with E-state index in [1.807, 2.05) is 12.1 Å². The molecule has 8 rings (SSSR count). The molecule has 0 atom stereocenters. The maximum atomic E-state index is 9.40. The van der Waals surface area contributed by atoms with E-state index >= 15 is 0 Å². The number of furan rings is 1. The van der Waals surface area contributed by atoms with E-state index in [2.05, 4.69) is 126 Å². The Balaban J connectivity index is 1.34. The molecule has 0 saturated heterocycles. The van der Waals surface area contributed by atoms with Gasteiger partial charge in [-0.25, -0.2) is 0 Å².